The second kappa shape index (κ2) is 8.05. The van der Waals surface area contributed by atoms with Crippen LogP contribution in [0.2, 0.25) is 0 Å². The summed E-state index contributed by atoms with van der Waals surface area (Å²) in [6, 6.07) is 26.9. The summed E-state index contributed by atoms with van der Waals surface area (Å²) in [6.07, 6.45) is 4.17. The predicted octanol–water partition coefficient (Wildman–Crippen LogP) is 5.89. The first-order valence-corrected chi connectivity index (χ1v) is 9.31. The third kappa shape index (κ3) is 3.39. The number of rotatable bonds is 6. The molecule has 0 atom stereocenters. The van der Waals surface area contributed by atoms with E-state index in [1.165, 1.54) is 5.56 Å². The molecular formula is C25H23NO2. The summed E-state index contributed by atoms with van der Waals surface area (Å²) < 4.78 is 13.5. The maximum absolute atomic E-state index is 5.70. The van der Waals surface area contributed by atoms with Crippen LogP contribution in [0.3, 0.4) is 0 Å². The average molecular weight is 369 g/mol. The Morgan fingerprint density at radius 1 is 0.607 bits per heavy atom. The van der Waals surface area contributed by atoms with Crippen molar-refractivity contribution in [3.05, 3.63) is 96.8 Å². The van der Waals surface area contributed by atoms with Crippen molar-refractivity contribution in [2.45, 2.75) is 6.54 Å². The number of hydrogen-bond donors (Lipinski definition) is 0. The predicted molar refractivity (Wildman–Crippen MR) is 114 cm³/mol. The first-order valence-electron chi connectivity index (χ1n) is 9.31. The van der Waals surface area contributed by atoms with Gasteiger partial charge in [-0.3, -0.25) is 0 Å². The Morgan fingerprint density at radius 3 is 1.86 bits per heavy atom. The molecule has 0 unspecified atom stereocenters. The summed E-state index contributed by atoms with van der Waals surface area (Å²) in [6.45, 7) is 0.781. The van der Waals surface area contributed by atoms with Crippen LogP contribution in [-0.4, -0.2) is 18.8 Å². The van der Waals surface area contributed by atoms with Gasteiger partial charge in [0.15, 0.2) is 0 Å². The minimum absolute atomic E-state index is 0.781. The number of methoxy groups -OCH3 is 2. The number of para-hydroxylation sites is 2. The maximum Gasteiger partial charge on any atom is 0.126 e. The van der Waals surface area contributed by atoms with E-state index < -0.39 is 0 Å². The normalized spacial score (nSPS) is 10.6. The highest BCUT2D eigenvalue weighted by Gasteiger charge is 2.18. The zero-order valence-corrected chi connectivity index (χ0v) is 16.1. The summed E-state index contributed by atoms with van der Waals surface area (Å²) in [5, 5.41) is 0. The summed E-state index contributed by atoms with van der Waals surface area (Å²) >= 11 is 0. The van der Waals surface area contributed by atoms with Gasteiger partial charge >= 0.3 is 0 Å². The van der Waals surface area contributed by atoms with Crippen molar-refractivity contribution in [3.63, 3.8) is 0 Å². The summed E-state index contributed by atoms with van der Waals surface area (Å²) in [4.78, 5) is 0. The Labute approximate surface area is 165 Å². The van der Waals surface area contributed by atoms with E-state index in [2.05, 4.69) is 53.4 Å². The topological polar surface area (TPSA) is 23.4 Å². The van der Waals surface area contributed by atoms with Crippen LogP contribution in [0.15, 0.2) is 91.3 Å². The van der Waals surface area contributed by atoms with Crippen LogP contribution in [0.25, 0.3) is 22.3 Å². The van der Waals surface area contributed by atoms with E-state index in [0.29, 0.717) is 0 Å². The van der Waals surface area contributed by atoms with E-state index in [9.17, 15) is 0 Å². The fourth-order valence-electron chi connectivity index (χ4n) is 3.67. The Bertz CT molecular complexity index is 1070. The molecule has 0 saturated heterocycles. The molecule has 0 saturated carbocycles. The van der Waals surface area contributed by atoms with Gasteiger partial charge in [-0.05, 0) is 41.0 Å². The van der Waals surface area contributed by atoms with Gasteiger partial charge in [0.05, 0.1) is 14.2 Å². The minimum Gasteiger partial charge on any atom is -0.496 e. The average Bonchev–Trinajstić information content (AvgIpc) is 3.26. The lowest BCUT2D eigenvalue weighted by atomic mass is 9.89. The van der Waals surface area contributed by atoms with Crippen molar-refractivity contribution in [1.82, 2.24) is 4.57 Å². The van der Waals surface area contributed by atoms with Crippen LogP contribution in [0, 0.1) is 0 Å². The molecule has 1 aromatic heterocycles. The van der Waals surface area contributed by atoms with Gasteiger partial charge < -0.3 is 14.0 Å². The largest absolute Gasteiger partial charge is 0.496 e. The fourth-order valence-corrected chi connectivity index (χ4v) is 3.67. The molecule has 28 heavy (non-hydrogen) atoms. The van der Waals surface area contributed by atoms with E-state index in [4.69, 9.17) is 9.47 Å². The number of benzene rings is 3. The van der Waals surface area contributed by atoms with Gasteiger partial charge in [0.25, 0.3) is 0 Å². The lowest BCUT2D eigenvalue weighted by Gasteiger charge is -2.19. The van der Waals surface area contributed by atoms with Gasteiger partial charge in [-0.15, -0.1) is 0 Å². The van der Waals surface area contributed by atoms with Gasteiger partial charge in [0.1, 0.15) is 11.5 Å². The van der Waals surface area contributed by atoms with Crippen molar-refractivity contribution in [1.29, 1.82) is 0 Å². The molecule has 1 heterocycles. The Balaban J connectivity index is 1.98. The lowest BCUT2D eigenvalue weighted by molar-refractivity contribution is 0.415. The molecule has 0 fully saturated rings. The molecule has 0 spiro atoms. The summed E-state index contributed by atoms with van der Waals surface area (Å²) in [7, 11) is 3.43. The van der Waals surface area contributed by atoms with Gasteiger partial charge in [-0.1, -0.05) is 54.6 Å². The van der Waals surface area contributed by atoms with Crippen LogP contribution in [-0.2, 0) is 6.54 Å². The molecule has 0 aliphatic rings. The van der Waals surface area contributed by atoms with Gasteiger partial charge in [0.2, 0.25) is 0 Å². The van der Waals surface area contributed by atoms with E-state index in [-0.39, 0.29) is 0 Å². The second-order valence-electron chi connectivity index (χ2n) is 6.60. The van der Waals surface area contributed by atoms with Crippen molar-refractivity contribution in [3.8, 4) is 33.8 Å². The molecule has 0 aliphatic carbocycles. The molecule has 0 aliphatic heterocycles. The maximum atomic E-state index is 5.70. The van der Waals surface area contributed by atoms with Gasteiger partial charge in [-0.2, -0.15) is 0 Å². The fraction of sp³-hybridized carbons (Fsp3) is 0.120. The SMILES string of the molecule is COc1ccccc1-c1cccc(Cn2cccc2)c1-c1ccccc1OC. The number of hydrogen-bond acceptors (Lipinski definition) is 2. The highest BCUT2D eigenvalue weighted by atomic mass is 16.5. The smallest absolute Gasteiger partial charge is 0.126 e. The number of nitrogens with zero attached hydrogens (tertiary/aromatic N) is 1. The van der Waals surface area contributed by atoms with Crippen molar-refractivity contribution in [2.75, 3.05) is 14.2 Å². The lowest BCUT2D eigenvalue weighted by Crippen LogP contribution is -2.01. The highest BCUT2D eigenvalue weighted by molar-refractivity contribution is 5.90. The van der Waals surface area contributed by atoms with Crippen LogP contribution in [0.5, 0.6) is 11.5 Å². The molecular weight excluding hydrogens is 346 g/mol. The highest BCUT2D eigenvalue weighted by Crippen LogP contribution is 2.42. The van der Waals surface area contributed by atoms with Gasteiger partial charge in [0, 0.05) is 30.1 Å². The Hall–Kier alpha value is -3.46. The van der Waals surface area contributed by atoms with Crippen molar-refractivity contribution in [2.24, 2.45) is 0 Å². The van der Waals surface area contributed by atoms with E-state index in [1.807, 2.05) is 42.5 Å². The van der Waals surface area contributed by atoms with Crippen LogP contribution >= 0.6 is 0 Å². The number of aromatic nitrogens is 1. The number of ether oxygens (including phenoxy) is 2. The molecule has 4 rings (SSSR count). The van der Waals surface area contributed by atoms with E-state index >= 15 is 0 Å². The zero-order valence-electron chi connectivity index (χ0n) is 16.1. The Kier molecular flexibility index (Phi) is 5.16. The molecule has 3 nitrogen and oxygen atoms in total. The zero-order chi connectivity index (χ0) is 19.3. The first kappa shape index (κ1) is 17.9. The van der Waals surface area contributed by atoms with Gasteiger partial charge in [-0.25, -0.2) is 0 Å². The van der Waals surface area contributed by atoms with Crippen molar-refractivity contribution >= 4 is 0 Å². The van der Waals surface area contributed by atoms with Crippen LogP contribution in [0.1, 0.15) is 5.56 Å². The monoisotopic (exact) mass is 369 g/mol. The van der Waals surface area contributed by atoms with E-state index in [1.54, 1.807) is 14.2 Å². The standard InChI is InChI=1S/C25H23NO2/c1-27-23-14-5-3-11-20(23)21-13-9-10-19(18-26-16-7-8-17-26)25(21)22-12-4-6-15-24(22)28-2/h3-17H,18H2,1-2H3. The van der Waals surface area contributed by atoms with E-state index in [0.717, 1.165) is 40.3 Å². The molecule has 140 valence electrons. The quantitative estimate of drug-likeness (QED) is 0.423. The first-order chi connectivity index (χ1) is 13.8. The molecule has 0 bridgehead atoms. The summed E-state index contributed by atoms with van der Waals surface area (Å²) in [5.74, 6) is 1.72. The Morgan fingerprint density at radius 2 is 1.18 bits per heavy atom. The molecule has 3 aromatic carbocycles. The molecule has 0 N–H and O–H groups in total. The minimum atomic E-state index is 0.781. The van der Waals surface area contributed by atoms with Crippen LogP contribution < -0.4 is 9.47 Å². The molecule has 0 amide bonds. The molecule has 0 radical (unpaired) electrons. The third-order valence-electron chi connectivity index (χ3n) is 4.94. The van der Waals surface area contributed by atoms with Crippen molar-refractivity contribution < 1.29 is 9.47 Å². The third-order valence-corrected chi connectivity index (χ3v) is 4.94. The second-order valence-corrected chi connectivity index (χ2v) is 6.60. The van der Waals surface area contributed by atoms with Crippen LogP contribution in [0.4, 0.5) is 0 Å². The molecule has 3 heteroatoms. The summed E-state index contributed by atoms with van der Waals surface area (Å²) in [5.41, 5.74) is 5.67. The molecule has 4 aromatic rings.